The van der Waals surface area contributed by atoms with Crippen LogP contribution < -0.4 is 0 Å². The SMILES string of the molecule is C[C@@H]1CO[C@H](c2ccccc2)CN1C(=O)[C@H]1C[C@H]1C(=O)O. The third-order valence-corrected chi connectivity index (χ3v) is 4.31. The van der Waals surface area contributed by atoms with E-state index in [9.17, 15) is 9.59 Å². The first-order valence-electron chi connectivity index (χ1n) is 7.27. The van der Waals surface area contributed by atoms with Gasteiger partial charge in [0.15, 0.2) is 0 Å². The van der Waals surface area contributed by atoms with E-state index in [-0.39, 0.29) is 24.0 Å². The second kappa shape index (κ2) is 5.48. The van der Waals surface area contributed by atoms with Crippen LogP contribution in [0.4, 0.5) is 0 Å². The summed E-state index contributed by atoms with van der Waals surface area (Å²) in [6.07, 6.45) is 0.335. The highest BCUT2D eigenvalue weighted by molar-refractivity contribution is 5.89. The Hall–Kier alpha value is -1.88. The van der Waals surface area contributed by atoms with Gasteiger partial charge in [-0.3, -0.25) is 9.59 Å². The van der Waals surface area contributed by atoms with Crippen LogP contribution in [0.1, 0.15) is 25.0 Å². The highest BCUT2D eigenvalue weighted by atomic mass is 16.5. The molecule has 2 fully saturated rings. The fourth-order valence-corrected chi connectivity index (χ4v) is 2.89. The molecule has 0 spiro atoms. The molecule has 1 aliphatic heterocycles. The molecule has 4 atom stereocenters. The fraction of sp³-hybridized carbons (Fsp3) is 0.500. The van der Waals surface area contributed by atoms with Gasteiger partial charge in [0, 0.05) is 0 Å². The Morgan fingerprint density at radius 2 is 1.95 bits per heavy atom. The van der Waals surface area contributed by atoms with E-state index in [2.05, 4.69) is 0 Å². The summed E-state index contributed by atoms with van der Waals surface area (Å²) in [5.41, 5.74) is 1.05. The number of ether oxygens (including phenoxy) is 1. The topological polar surface area (TPSA) is 66.8 Å². The number of aliphatic carboxylic acids is 1. The first-order valence-corrected chi connectivity index (χ1v) is 7.27. The van der Waals surface area contributed by atoms with Gasteiger partial charge in [0.1, 0.15) is 6.10 Å². The largest absolute Gasteiger partial charge is 0.481 e. The molecule has 112 valence electrons. The van der Waals surface area contributed by atoms with Crippen molar-refractivity contribution in [1.82, 2.24) is 4.90 Å². The lowest BCUT2D eigenvalue weighted by Crippen LogP contribution is -2.49. The van der Waals surface area contributed by atoms with Crippen molar-refractivity contribution in [3.8, 4) is 0 Å². The Balaban J connectivity index is 1.70. The van der Waals surface area contributed by atoms with E-state index in [4.69, 9.17) is 9.84 Å². The summed E-state index contributed by atoms with van der Waals surface area (Å²) in [6.45, 7) is 2.92. The van der Waals surface area contributed by atoms with Crippen molar-refractivity contribution in [3.63, 3.8) is 0 Å². The van der Waals surface area contributed by atoms with Crippen LogP contribution in [0.2, 0.25) is 0 Å². The van der Waals surface area contributed by atoms with Crippen molar-refractivity contribution < 1.29 is 19.4 Å². The van der Waals surface area contributed by atoms with Gasteiger partial charge in [-0.2, -0.15) is 0 Å². The number of nitrogens with zero attached hydrogens (tertiary/aromatic N) is 1. The Bertz CT molecular complexity index is 544. The average molecular weight is 289 g/mol. The number of carboxylic acids is 1. The Labute approximate surface area is 123 Å². The van der Waals surface area contributed by atoms with E-state index >= 15 is 0 Å². The lowest BCUT2D eigenvalue weighted by Gasteiger charge is -2.38. The molecule has 0 unspecified atom stereocenters. The van der Waals surface area contributed by atoms with Gasteiger partial charge in [-0.05, 0) is 18.9 Å². The molecule has 1 saturated carbocycles. The third kappa shape index (κ3) is 2.78. The second-order valence-corrected chi connectivity index (χ2v) is 5.86. The first kappa shape index (κ1) is 14.1. The highest BCUT2D eigenvalue weighted by Crippen LogP contribution is 2.41. The van der Waals surface area contributed by atoms with Crippen LogP contribution in [0.15, 0.2) is 30.3 Å². The molecule has 5 heteroatoms. The van der Waals surface area contributed by atoms with Gasteiger partial charge in [-0.15, -0.1) is 0 Å². The minimum atomic E-state index is -0.867. The number of morpholine rings is 1. The molecule has 1 aromatic rings. The van der Waals surface area contributed by atoms with Crippen molar-refractivity contribution in [2.75, 3.05) is 13.2 Å². The number of carbonyl (C=O) groups excluding carboxylic acids is 1. The predicted octanol–water partition coefficient (Wildman–Crippen LogP) is 1.70. The number of carboxylic acid groups (broad SMARTS) is 1. The van der Waals surface area contributed by atoms with Crippen molar-refractivity contribution >= 4 is 11.9 Å². The smallest absolute Gasteiger partial charge is 0.307 e. The van der Waals surface area contributed by atoms with E-state index in [0.29, 0.717) is 19.6 Å². The predicted molar refractivity (Wildman–Crippen MR) is 75.5 cm³/mol. The second-order valence-electron chi connectivity index (χ2n) is 5.86. The molecule has 1 aromatic carbocycles. The summed E-state index contributed by atoms with van der Waals surface area (Å²) in [6, 6.07) is 9.81. The average Bonchev–Trinajstić information content (AvgIpc) is 3.29. The molecule has 0 aromatic heterocycles. The lowest BCUT2D eigenvalue weighted by molar-refractivity contribution is -0.149. The van der Waals surface area contributed by atoms with E-state index in [1.54, 1.807) is 4.90 Å². The minimum absolute atomic E-state index is 0.00694. The fourth-order valence-electron chi connectivity index (χ4n) is 2.89. The normalized spacial score (nSPS) is 31.8. The summed E-state index contributed by atoms with van der Waals surface area (Å²) >= 11 is 0. The maximum atomic E-state index is 12.5. The zero-order valence-corrected chi connectivity index (χ0v) is 11.9. The van der Waals surface area contributed by atoms with Gasteiger partial charge < -0.3 is 14.7 Å². The van der Waals surface area contributed by atoms with Crippen molar-refractivity contribution in [1.29, 1.82) is 0 Å². The Morgan fingerprint density at radius 3 is 2.57 bits per heavy atom. The van der Waals surface area contributed by atoms with Crippen LogP contribution in [0.5, 0.6) is 0 Å². The monoisotopic (exact) mass is 289 g/mol. The summed E-state index contributed by atoms with van der Waals surface area (Å²) in [4.78, 5) is 25.2. The van der Waals surface area contributed by atoms with Crippen LogP contribution in [-0.4, -0.2) is 41.1 Å². The molecule has 0 radical (unpaired) electrons. The van der Waals surface area contributed by atoms with Gasteiger partial charge in [0.25, 0.3) is 0 Å². The minimum Gasteiger partial charge on any atom is -0.481 e. The molecule has 3 rings (SSSR count). The van der Waals surface area contributed by atoms with Crippen LogP contribution in [0.25, 0.3) is 0 Å². The van der Waals surface area contributed by atoms with Gasteiger partial charge in [0.2, 0.25) is 5.91 Å². The van der Waals surface area contributed by atoms with Crippen molar-refractivity contribution in [3.05, 3.63) is 35.9 Å². The number of rotatable bonds is 3. The Kier molecular flexibility index (Phi) is 3.68. The summed E-state index contributed by atoms with van der Waals surface area (Å²) in [5.74, 6) is -1.75. The van der Waals surface area contributed by atoms with Crippen molar-refractivity contribution in [2.45, 2.75) is 25.5 Å². The van der Waals surface area contributed by atoms with Crippen LogP contribution in [0, 0.1) is 11.8 Å². The zero-order valence-electron chi connectivity index (χ0n) is 11.9. The summed E-state index contributed by atoms with van der Waals surface area (Å²) in [5, 5.41) is 8.97. The standard InChI is InChI=1S/C16H19NO4/c1-10-9-21-14(11-5-3-2-4-6-11)8-17(10)15(18)12-7-13(12)16(19)20/h2-6,10,12-14H,7-9H2,1H3,(H,19,20)/t10-,12+,13-,14+/m1/s1. The number of amides is 1. The number of benzene rings is 1. The maximum Gasteiger partial charge on any atom is 0.307 e. The highest BCUT2D eigenvalue weighted by Gasteiger charge is 2.51. The molecule has 5 nitrogen and oxygen atoms in total. The molecule has 2 aliphatic rings. The van der Waals surface area contributed by atoms with E-state index < -0.39 is 11.9 Å². The van der Waals surface area contributed by atoms with Gasteiger partial charge >= 0.3 is 5.97 Å². The number of carbonyl (C=O) groups is 2. The molecular weight excluding hydrogens is 270 g/mol. The first-order chi connectivity index (χ1) is 10.1. The Morgan fingerprint density at radius 1 is 1.24 bits per heavy atom. The van der Waals surface area contributed by atoms with Crippen LogP contribution >= 0.6 is 0 Å². The van der Waals surface area contributed by atoms with Crippen LogP contribution in [-0.2, 0) is 14.3 Å². The molecule has 1 heterocycles. The quantitative estimate of drug-likeness (QED) is 0.919. The van der Waals surface area contributed by atoms with Gasteiger partial charge in [-0.1, -0.05) is 30.3 Å². The number of hydrogen-bond donors (Lipinski definition) is 1. The van der Waals surface area contributed by atoms with E-state index in [1.165, 1.54) is 0 Å². The molecule has 1 saturated heterocycles. The summed E-state index contributed by atoms with van der Waals surface area (Å²) in [7, 11) is 0. The van der Waals surface area contributed by atoms with Gasteiger partial charge in [-0.25, -0.2) is 0 Å². The zero-order chi connectivity index (χ0) is 15.0. The molecule has 21 heavy (non-hydrogen) atoms. The van der Waals surface area contributed by atoms with Crippen molar-refractivity contribution in [2.24, 2.45) is 11.8 Å². The molecule has 1 amide bonds. The third-order valence-electron chi connectivity index (χ3n) is 4.31. The molecule has 0 bridgehead atoms. The van der Waals surface area contributed by atoms with Gasteiger partial charge in [0.05, 0.1) is 31.0 Å². The van der Waals surface area contributed by atoms with E-state index in [1.807, 2.05) is 37.3 Å². The van der Waals surface area contributed by atoms with E-state index in [0.717, 1.165) is 5.56 Å². The number of hydrogen-bond acceptors (Lipinski definition) is 3. The maximum absolute atomic E-state index is 12.5. The summed E-state index contributed by atoms with van der Waals surface area (Å²) < 4.78 is 5.82. The molecule has 1 N–H and O–H groups in total. The molecular formula is C16H19NO4. The lowest BCUT2D eigenvalue weighted by atomic mass is 10.1. The molecule has 1 aliphatic carbocycles. The van der Waals surface area contributed by atoms with Crippen LogP contribution in [0.3, 0.4) is 0 Å².